The van der Waals surface area contributed by atoms with Crippen molar-refractivity contribution in [1.29, 1.82) is 0 Å². The highest BCUT2D eigenvalue weighted by Crippen LogP contribution is 2.22. The Bertz CT molecular complexity index is 892. The van der Waals surface area contributed by atoms with Crippen molar-refractivity contribution < 1.29 is 4.74 Å². The van der Waals surface area contributed by atoms with E-state index >= 15 is 0 Å². The Balaban J connectivity index is 1.82. The maximum atomic E-state index is 5.92. The lowest BCUT2D eigenvalue weighted by molar-refractivity contribution is 0.0816. The lowest BCUT2D eigenvalue weighted by Crippen LogP contribution is -2.22. The molecule has 2 aromatic carbocycles. The van der Waals surface area contributed by atoms with Gasteiger partial charge in [0.15, 0.2) is 0 Å². The van der Waals surface area contributed by atoms with Gasteiger partial charge >= 0.3 is 0 Å². The second-order valence-electron chi connectivity index (χ2n) is 8.00. The highest BCUT2D eigenvalue weighted by Gasteiger charge is 2.13. The number of fused-ring (bicyclic) bond motifs is 1. The Hall–Kier alpha value is -2.17. The first kappa shape index (κ1) is 18.6. The molecule has 1 heterocycles. The fourth-order valence-corrected chi connectivity index (χ4v) is 3.56. The van der Waals surface area contributed by atoms with Gasteiger partial charge in [0.1, 0.15) is 6.73 Å². The van der Waals surface area contributed by atoms with E-state index < -0.39 is 8.07 Å². The number of hydrogen-bond acceptors (Lipinski definition) is 2. The minimum Gasteiger partial charge on any atom is -0.360 e. The van der Waals surface area contributed by atoms with E-state index in [-0.39, 0.29) is 0 Å². The molecule has 3 rings (SSSR count). The summed E-state index contributed by atoms with van der Waals surface area (Å²) in [5.74, 6) is 0. The van der Waals surface area contributed by atoms with E-state index in [1.807, 2.05) is 22.9 Å². The quantitative estimate of drug-likeness (QED) is 0.390. The van der Waals surface area contributed by atoms with Crippen LogP contribution >= 0.6 is 0 Å². The molecule has 3 aromatic rings. The third-order valence-corrected chi connectivity index (χ3v) is 6.08. The zero-order valence-electron chi connectivity index (χ0n) is 16.2. The first-order valence-corrected chi connectivity index (χ1v) is 12.9. The molecule has 0 amide bonds. The number of aromatic nitrogens is 2. The average molecular weight is 365 g/mol. The molecule has 0 bridgehead atoms. The lowest BCUT2D eigenvalue weighted by atomic mass is 10.1. The average Bonchev–Trinajstić information content (AvgIpc) is 2.94. The fourth-order valence-electron chi connectivity index (χ4n) is 2.81. The third-order valence-electron chi connectivity index (χ3n) is 4.38. The van der Waals surface area contributed by atoms with Gasteiger partial charge in [-0.2, -0.15) is 5.10 Å². The number of benzene rings is 2. The summed E-state index contributed by atoms with van der Waals surface area (Å²) in [7, 11) is -1.07. The maximum absolute atomic E-state index is 5.92. The number of aryl methyl sites for hydroxylation is 1. The van der Waals surface area contributed by atoms with Gasteiger partial charge in [0, 0.05) is 20.1 Å². The van der Waals surface area contributed by atoms with Crippen molar-refractivity contribution in [2.75, 3.05) is 6.61 Å². The zero-order valence-corrected chi connectivity index (χ0v) is 17.2. The van der Waals surface area contributed by atoms with Crippen LogP contribution in [0.25, 0.3) is 23.1 Å². The summed E-state index contributed by atoms with van der Waals surface area (Å²) >= 11 is 0. The van der Waals surface area contributed by atoms with Gasteiger partial charge in [-0.3, -0.25) is 0 Å². The van der Waals surface area contributed by atoms with Gasteiger partial charge in [0.25, 0.3) is 0 Å². The fraction of sp³-hybridized carbons (Fsp3) is 0.318. The molecule has 3 nitrogen and oxygen atoms in total. The van der Waals surface area contributed by atoms with Gasteiger partial charge in [0.2, 0.25) is 0 Å². The van der Waals surface area contributed by atoms with Crippen LogP contribution in [-0.2, 0) is 11.5 Å². The molecule has 1 aromatic heterocycles. The van der Waals surface area contributed by atoms with E-state index in [4.69, 9.17) is 9.84 Å². The molecule has 0 N–H and O–H groups in total. The van der Waals surface area contributed by atoms with Crippen molar-refractivity contribution in [3.8, 4) is 0 Å². The minimum atomic E-state index is -1.07. The molecular weight excluding hydrogens is 336 g/mol. The second-order valence-corrected chi connectivity index (χ2v) is 13.6. The minimum absolute atomic E-state index is 0.503. The summed E-state index contributed by atoms with van der Waals surface area (Å²) in [5, 5.41) is 5.97. The Morgan fingerprint density at radius 3 is 2.54 bits per heavy atom. The Labute approximate surface area is 157 Å². The second kappa shape index (κ2) is 8.02. The van der Waals surface area contributed by atoms with Crippen molar-refractivity contribution in [2.45, 2.75) is 39.3 Å². The highest BCUT2D eigenvalue weighted by atomic mass is 28.3. The number of hydrogen-bond donors (Lipinski definition) is 0. The first-order valence-electron chi connectivity index (χ1n) is 9.20. The van der Waals surface area contributed by atoms with Crippen molar-refractivity contribution in [3.05, 3.63) is 65.4 Å². The molecule has 0 saturated heterocycles. The van der Waals surface area contributed by atoms with E-state index in [0.717, 1.165) is 17.8 Å². The summed E-state index contributed by atoms with van der Waals surface area (Å²) in [6.45, 7) is 10.5. The molecule has 0 aliphatic rings. The van der Waals surface area contributed by atoms with Crippen LogP contribution < -0.4 is 0 Å². The van der Waals surface area contributed by atoms with Gasteiger partial charge in [-0.25, -0.2) is 4.68 Å². The van der Waals surface area contributed by atoms with E-state index in [9.17, 15) is 0 Å². The largest absolute Gasteiger partial charge is 0.360 e. The van der Waals surface area contributed by atoms with Crippen LogP contribution in [0.4, 0.5) is 0 Å². The van der Waals surface area contributed by atoms with Crippen molar-refractivity contribution in [3.63, 3.8) is 0 Å². The summed E-state index contributed by atoms with van der Waals surface area (Å²) in [6.07, 6.45) is 4.20. The lowest BCUT2D eigenvalue weighted by Gasteiger charge is -2.15. The van der Waals surface area contributed by atoms with Crippen LogP contribution in [0.1, 0.15) is 16.8 Å². The monoisotopic (exact) mass is 364 g/mol. The Morgan fingerprint density at radius 1 is 1.04 bits per heavy atom. The van der Waals surface area contributed by atoms with Crippen LogP contribution in [0.15, 0.2) is 48.5 Å². The summed E-state index contributed by atoms with van der Waals surface area (Å²) < 4.78 is 7.90. The molecule has 0 unspecified atom stereocenters. The topological polar surface area (TPSA) is 27.1 Å². The molecule has 4 heteroatoms. The van der Waals surface area contributed by atoms with Crippen LogP contribution in [0, 0.1) is 6.92 Å². The standard InChI is InChI=1S/C22H28N2OSi/c1-18-10-13-22-20(16-18)21(12-11-19-8-6-5-7-9-19)23-24(22)17-25-14-15-26(2,3)4/h5-13,16H,14-15,17H2,1-4H3/b12-11+. The highest BCUT2D eigenvalue weighted by molar-refractivity contribution is 6.76. The van der Waals surface area contributed by atoms with Crippen LogP contribution in [0.5, 0.6) is 0 Å². The Morgan fingerprint density at radius 2 is 1.81 bits per heavy atom. The van der Waals surface area contributed by atoms with Crippen molar-refractivity contribution in [2.24, 2.45) is 0 Å². The predicted molar refractivity (Wildman–Crippen MR) is 114 cm³/mol. The molecule has 0 aliphatic carbocycles. The van der Waals surface area contributed by atoms with Gasteiger partial charge in [0.05, 0.1) is 11.2 Å². The molecule has 0 radical (unpaired) electrons. The molecule has 0 fully saturated rings. The summed E-state index contributed by atoms with van der Waals surface area (Å²) in [4.78, 5) is 0. The third kappa shape index (κ3) is 4.93. The van der Waals surface area contributed by atoms with E-state index in [2.05, 4.69) is 69.0 Å². The predicted octanol–water partition coefficient (Wildman–Crippen LogP) is 5.83. The van der Waals surface area contributed by atoms with Gasteiger partial charge in [-0.05, 0) is 36.7 Å². The van der Waals surface area contributed by atoms with Crippen molar-refractivity contribution >= 4 is 31.1 Å². The van der Waals surface area contributed by atoms with Gasteiger partial charge in [-0.15, -0.1) is 0 Å². The molecule has 0 aliphatic heterocycles. The summed E-state index contributed by atoms with van der Waals surface area (Å²) in [5.41, 5.74) is 4.53. The molecule has 136 valence electrons. The van der Waals surface area contributed by atoms with Crippen LogP contribution in [0.3, 0.4) is 0 Å². The van der Waals surface area contributed by atoms with Gasteiger partial charge < -0.3 is 4.74 Å². The molecule has 0 atom stereocenters. The zero-order chi connectivity index (χ0) is 18.6. The number of rotatable bonds is 7. The normalized spacial score (nSPS) is 12.3. The van der Waals surface area contributed by atoms with E-state index in [0.29, 0.717) is 6.73 Å². The summed E-state index contributed by atoms with van der Waals surface area (Å²) in [6, 6.07) is 18.0. The number of nitrogens with zero attached hydrogens (tertiary/aromatic N) is 2. The number of ether oxygens (including phenoxy) is 1. The molecular formula is C22H28N2OSi. The van der Waals surface area contributed by atoms with E-state index in [1.54, 1.807) is 0 Å². The Kier molecular flexibility index (Phi) is 5.74. The SMILES string of the molecule is Cc1ccc2c(c1)c(/C=C/c1ccccc1)nn2COCC[Si](C)(C)C. The molecule has 0 spiro atoms. The van der Waals surface area contributed by atoms with E-state index in [1.165, 1.54) is 22.6 Å². The molecule has 0 saturated carbocycles. The van der Waals surface area contributed by atoms with Crippen LogP contribution in [-0.4, -0.2) is 24.5 Å². The molecule has 26 heavy (non-hydrogen) atoms. The first-order chi connectivity index (χ1) is 12.4. The van der Waals surface area contributed by atoms with Gasteiger partial charge in [-0.1, -0.05) is 67.7 Å². The maximum Gasteiger partial charge on any atom is 0.140 e. The smallest absolute Gasteiger partial charge is 0.140 e. The van der Waals surface area contributed by atoms with Crippen molar-refractivity contribution in [1.82, 2.24) is 9.78 Å². The van der Waals surface area contributed by atoms with Crippen LogP contribution in [0.2, 0.25) is 25.7 Å².